The summed E-state index contributed by atoms with van der Waals surface area (Å²) in [5, 5.41) is 5.76. The summed E-state index contributed by atoms with van der Waals surface area (Å²) in [6, 6.07) is 8.33. The highest BCUT2D eigenvalue weighted by Gasteiger charge is 2.17. The van der Waals surface area contributed by atoms with Crippen LogP contribution in [0.15, 0.2) is 30.3 Å². The van der Waals surface area contributed by atoms with Gasteiger partial charge in [0.05, 0.1) is 45.8 Å². The third-order valence-electron chi connectivity index (χ3n) is 4.42. The number of anilines is 1. The highest BCUT2D eigenvalue weighted by Crippen LogP contribution is 2.41. The van der Waals surface area contributed by atoms with Crippen LogP contribution in [0.4, 0.5) is 10.5 Å². The quantitative estimate of drug-likeness (QED) is 0.531. The van der Waals surface area contributed by atoms with E-state index in [1.807, 2.05) is 39.8 Å². The minimum atomic E-state index is -0.364. The second-order valence-corrected chi connectivity index (χ2v) is 6.54. The number of hydrogen-bond acceptors (Lipinski definition) is 6. The predicted molar refractivity (Wildman–Crippen MR) is 120 cm³/mol. The van der Waals surface area contributed by atoms with E-state index >= 15 is 0 Å². The molecule has 0 aliphatic heterocycles. The Bertz CT molecular complexity index is 844. The van der Waals surface area contributed by atoms with Crippen LogP contribution in [-0.4, -0.2) is 40.1 Å². The first kappa shape index (κ1) is 24.0. The van der Waals surface area contributed by atoms with Crippen LogP contribution in [-0.2, 0) is 0 Å². The molecular weight excluding hydrogens is 400 g/mol. The molecule has 1 unspecified atom stereocenters. The van der Waals surface area contributed by atoms with E-state index in [0.29, 0.717) is 54.3 Å². The van der Waals surface area contributed by atoms with Crippen molar-refractivity contribution in [1.29, 1.82) is 0 Å². The second kappa shape index (κ2) is 11.8. The van der Waals surface area contributed by atoms with Crippen molar-refractivity contribution >= 4 is 11.7 Å². The first-order valence-electron chi connectivity index (χ1n) is 10.3. The van der Waals surface area contributed by atoms with E-state index in [4.69, 9.17) is 23.7 Å². The standard InChI is InChI=1S/C23H32N2O6/c1-7-29-20-13-17(14-21(30-8-2)22(20)31-9-3)25-23(26)24-15(4)16-10-11-18(27-5)19(12-16)28-6/h10-15H,7-9H2,1-6H3,(H2,24,25,26). The Hall–Kier alpha value is -3.29. The zero-order valence-electron chi connectivity index (χ0n) is 19.0. The molecule has 0 saturated heterocycles. The van der Waals surface area contributed by atoms with E-state index in [1.165, 1.54) is 0 Å². The Labute approximate surface area is 183 Å². The molecule has 0 saturated carbocycles. The van der Waals surface area contributed by atoms with Crippen molar-refractivity contribution in [3.05, 3.63) is 35.9 Å². The number of rotatable bonds is 11. The lowest BCUT2D eigenvalue weighted by atomic mass is 10.1. The number of nitrogens with one attached hydrogen (secondary N) is 2. The Morgan fingerprint density at radius 2 is 1.42 bits per heavy atom. The molecule has 0 bridgehead atoms. The van der Waals surface area contributed by atoms with Crippen LogP contribution >= 0.6 is 0 Å². The van der Waals surface area contributed by atoms with Gasteiger partial charge in [-0.1, -0.05) is 6.07 Å². The fourth-order valence-electron chi connectivity index (χ4n) is 3.03. The first-order chi connectivity index (χ1) is 15.0. The Morgan fingerprint density at radius 3 is 1.94 bits per heavy atom. The zero-order chi connectivity index (χ0) is 22.8. The maximum Gasteiger partial charge on any atom is 0.319 e. The van der Waals surface area contributed by atoms with Crippen molar-refractivity contribution in [2.75, 3.05) is 39.4 Å². The normalized spacial score (nSPS) is 11.3. The smallest absolute Gasteiger partial charge is 0.319 e. The summed E-state index contributed by atoms with van der Waals surface area (Å²) in [6.07, 6.45) is 0. The Morgan fingerprint density at radius 1 is 0.839 bits per heavy atom. The molecular formula is C23H32N2O6. The Kier molecular flexibility index (Phi) is 9.12. The van der Waals surface area contributed by atoms with Crippen LogP contribution < -0.4 is 34.3 Å². The molecule has 31 heavy (non-hydrogen) atoms. The van der Waals surface area contributed by atoms with Gasteiger partial charge in [0.1, 0.15) is 0 Å². The van der Waals surface area contributed by atoms with Crippen LogP contribution in [0.1, 0.15) is 39.3 Å². The zero-order valence-corrected chi connectivity index (χ0v) is 19.0. The molecule has 0 aliphatic carbocycles. The molecule has 170 valence electrons. The maximum atomic E-state index is 12.6. The van der Waals surface area contributed by atoms with E-state index in [-0.39, 0.29) is 12.1 Å². The Balaban J connectivity index is 2.18. The van der Waals surface area contributed by atoms with Crippen molar-refractivity contribution in [1.82, 2.24) is 5.32 Å². The van der Waals surface area contributed by atoms with Gasteiger partial charge in [0.25, 0.3) is 0 Å². The van der Waals surface area contributed by atoms with Gasteiger partial charge in [0, 0.05) is 12.1 Å². The van der Waals surface area contributed by atoms with Gasteiger partial charge >= 0.3 is 6.03 Å². The minimum absolute atomic E-state index is 0.264. The lowest BCUT2D eigenvalue weighted by Crippen LogP contribution is -2.31. The summed E-state index contributed by atoms with van der Waals surface area (Å²) in [7, 11) is 3.15. The second-order valence-electron chi connectivity index (χ2n) is 6.54. The van der Waals surface area contributed by atoms with Crippen LogP contribution in [0.5, 0.6) is 28.7 Å². The van der Waals surface area contributed by atoms with Crippen molar-refractivity contribution < 1.29 is 28.5 Å². The minimum Gasteiger partial charge on any atom is -0.493 e. The molecule has 0 radical (unpaired) electrons. The number of amides is 2. The molecule has 8 heteroatoms. The molecule has 2 amide bonds. The summed E-state index contributed by atoms with van der Waals surface area (Å²) in [4.78, 5) is 12.6. The summed E-state index contributed by atoms with van der Waals surface area (Å²) >= 11 is 0. The third kappa shape index (κ3) is 6.34. The number of carbonyl (C=O) groups is 1. The average molecular weight is 433 g/mol. The third-order valence-corrected chi connectivity index (χ3v) is 4.42. The monoisotopic (exact) mass is 432 g/mol. The highest BCUT2D eigenvalue weighted by atomic mass is 16.5. The lowest BCUT2D eigenvalue weighted by Gasteiger charge is -2.19. The topological polar surface area (TPSA) is 87.3 Å². The predicted octanol–water partition coefficient (Wildman–Crippen LogP) is 4.78. The molecule has 0 aliphatic rings. The van der Waals surface area contributed by atoms with Crippen molar-refractivity contribution in [3.8, 4) is 28.7 Å². The van der Waals surface area contributed by atoms with Crippen molar-refractivity contribution in [3.63, 3.8) is 0 Å². The number of benzene rings is 2. The number of urea groups is 1. The highest BCUT2D eigenvalue weighted by molar-refractivity contribution is 5.90. The molecule has 0 aromatic heterocycles. The van der Waals surface area contributed by atoms with Gasteiger partial charge in [0.15, 0.2) is 23.0 Å². The van der Waals surface area contributed by atoms with Crippen LogP contribution in [0.2, 0.25) is 0 Å². The van der Waals surface area contributed by atoms with E-state index < -0.39 is 0 Å². The van der Waals surface area contributed by atoms with Crippen LogP contribution in [0, 0.1) is 0 Å². The molecule has 1 atom stereocenters. The van der Waals surface area contributed by atoms with Crippen LogP contribution in [0.25, 0.3) is 0 Å². The van der Waals surface area contributed by atoms with E-state index in [2.05, 4.69) is 10.6 Å². The largest absolute Gasteiger partial charge is 0.493 e. The van der Waals surface area contributed by atoms with Gasteiger partial charge in [-0.25, -0.2) is 4.79 Å². The maximum absolute atomic E-state index is 12.6. The van der Waals surface area contributed by atoms with Gasteiger partial charge in [-0.15, -0.1) is 0 Å². The summed E-state index contributed by atoms with van der Waals surface area (Å²) in [5.41, 5.74) is 1.41. The SMILES string of the molecule is CCOc1cc(NC(=O)NC(C)c2ccc(OC)c(OC)c2)cc(OCC)c1OCC. The van der Waals surface area contributed by atoms with Crippen molar-refractivity contribution in [2.45, 2.75) is 33.7 Å². The van der Waals surface area contributed by atoms with Gasteiger partial charge in [-0.05, 0) is 45.4 Å². The molecule has 2 aromatic rings. The number of ether oxygens (including phenoxy) is 5. The van der Waals surface area contributed by atoms with E-state index in [9.17, 15) is 4.79 Å². The molecule has 0 spiro atoms. The van der Waals surface area contributed by atoms with E-state index in [1.54, 1.807) is 32.4 Å². The lowest BCUT2D eigenvalue weighted by molar-refractivity contribution is 0.249. The average Bonchev–Trinajstić information content (AvgIpc) is 2.75. The van der Waals surface area contributed by atoms with Gasteiger partial charge in [-0.2, -0.15) is 0 Å². The first-order valence-corrected chi connectivity index (χ1v) is 10.3. The number of carbonyl (C=O) groups excluding carboxylic acids is 1. The number of methoxy groups -OCH3 is 2. The van der Waals surface area contributed by atoms with Gasteiger partial charge in [-0.3, -0.25) is 0 Å². The molecule has 2 aromatic carbocycles. The summed E-state index contributed by atoms with van der Waals surface area (Å²) in [5.74, 6) is 2.78. The molecule has 8 nitrogen and oxygen atoms in total. The van der Waals surface area contributed by atoms with Gasteiger partial charge in [0.2, 0.25) is 5.75 Å². The molecule has 0 heterocycles. The molecule has 0 fully saturated rings. The van der Waals surface area contributed by atoms with Gasteiger partial charge < -0.3 is 34.3 Å². The fraction of sp³-hybridized carbons (Fsp3) is 0.435. The van der Waals surface area contributed by atoms with Crippen molar-refractivity contribution in [2.24, 2.45) is 0 Å². The van der Waals surface area contributed by atoms with E-state index in [0.717, 1.165) is 5.56 Å². The van der Waals surface area contributed by atoms with Crippen LogP contribution in [0.3, 0.4) is 0 Å². The fourth-order valence-corrected chi connectivity index (χ4v) is 3.03. The summed E-state index contributed by atoms with van der Waals surface area (Å²) < 4.78 is 27.7. The summed E-state index contributed by atoms with van der Waals surface area (Å²) in [6.45, 7) is 8.92. The molecule has 2 N–H and O–H groups in total. The molecule has 2 rings (SSSR count). The number of hydrogen-bond donors (Lipinski definition) is 2.